The van der Waals surface area contributed by atoms with Gasteiger partial charge in [-0.15, -0.1) is 0 Å². The second-order valence-electron chi connectivity index (χ2n) is 3.98. The summed E-state index contributed by atoms with van der Waals surface area (Å²) in [6.45, 7) is 3.95. The zero-order valence-corrected chi connectivity index (χ0v) is 9.71. The molecular formula is C13H13NO3. The van der Waals surface area contributed by atoms with Crippen LogP contribution in [0.1, 0.15) is 35.9 Å². The van der Waals surface area contributed by atoms with Crippen LogP contribution in [0.25, 0.3) is 0 Å². The van der Waals surface area contributed by atoms with E-state index in [0.717, 1.165) is 0 Å². The molecule has 2 rings (SSSR count). The Morgan fingerprint density at radius 2 is 2.00 bits per heavy atom. The fraction of sp³-hybridized carbons (Fsp3) is 0.231. The Kier molecular flexibility index (Phi) is 3.23. The van der Waals surface area contributed by atoms with E-state index in [2.05, 4.69) is 5.16 Å². The van der Waals surface area contributed by atoms with Crippen LogP contribution in [0.2, 0.25) is 0 Å². The number of hydrogen-bond donors (Lipinski definition) is 0. The molecular weight excluding hydrogens is 218 g/mol. The van der Waals surface area contributed by atoms with E-state index in [4.69, 9.17) is 9.26 Å². The molecule has 0 spiro atoms. The van der Waals surface area contributed by atoms with Crippen molar-refractivity contribution in [2.24, 2.45) is 0 Å². The van der Waals surface area contributed by atoms with E-state index in [9.17, 15) is 4.79 Å². The summed E-state index contributed by atoms with van der Waals surface area (Å²) in [7, 11) is 0. The molecule has 17 heavy (non-hydrogen) atoms. The Labute approximate surface area is 99.2 Å². The molecule has 0 radical (unpaired) electrons. The van der Waals surface area contributed by atoms with E-state index in [1.54, 1.807) is 30.3 Å². The van der Waals surface area contributed by atoms with Gasteiger partial charge in [-0.2, -0.15) is 0 Å². The molecule has 0 bridgehead atoms. The SMILES string of the molecule is CC(C)c1cc(OC(=O)c2ccccc2)no1. The van der Waals surface area contributed by atoms with Crippen molar-refractivity contribution in [3.63, 3.8) is 0 Å². The molecule has 0 N–H and O–H groups in total. The predicted molar refractivity (Wildman–Crippen MR) is 62.0 cm³/mol. The largest absolute Gasteiger partial charge is 0.400 e. The van der Waals surface area contributed by atoms with E-state index < -0.39 is 5.97 Å². The second-order valence-corrected chi connectivity index (χ2v) is 3.98. The molecule has 4 heteroatoms. The Morgan fingerprint density at radius 1 is 1.29 bits per heavy atom. The van der Waals surface area contributed by atoms with Crippen LogP contribution < -0.4 is 4.74 Å². The van der Waals surface area contributed by atoms with Crippen molar-refractivity contribution >= 4 is 5.97 Å². The highest BCUT2D eigenvalue weighted by molar-refractivity contribution is 5.90. The summed E-state index contributed by atoms with van der Waals surface area (Å²) < 4.78 is 10.1. The summed E-state index contributed by atoms with van der Waals surface area (Å²) in [5.41, 5.74) is 0.488. The van der Waals surface area contributed by atoms with Crippen molar-refractivity contribution in [2.75, 3.05) is 0 Å². The fourth-order valence-electron chi connectivity index (χ4n) is 1.32. The van der Waals surface area contributed by atoms with Crippen molar-refractivity contribution in [1.82, 2.24) is 5.16 Å². The molecule has 4 nitrogen and oxygen atoms in total. The Hall–Kier alpha value is -2.10. The summed E-state index contributed by atoms with van der Waals surface area (Å²) in [6, 6.07) is 10.4. The molecule has 0 atom stereocenters. The molecule has 0 saturated heterocycles. The van der Waals surface area contributed by atoms with Crippen LogP contribution in [-0.2, 0) is 0 Å². The molecule has 0 fully saturated rings. The third-order valence-corrected chi connectivity index (χ3v) is 2.28. The Balaban J connectivity index is 2.08. The van der Waals surface area contributed by atoms with Gasteiger partial charge in [-0.3, -0.25) is 0 Å². The number of hydrogen-bond acceptors (Lipinski definition) is 4. The predicted octanol–water partition coefficient (Wildman–Crippen LogP) is 3.02. The zero-order chi connectivity index (χ0) is 12.3. The maximum Gasteiger partial charge on any atom is 0.344 e. The van der Waals surface area contributed by atoms with Gasteiger partial charge in [0.1, 0.15) is 5.76 Å². The molecule has 0 aliphatic carbocycles. The first kappa shape index (κ1) is 11.4. The minimum absolute atomic E-state index is 0.197. The molecule has 1 aromatic carbocycles. The van der Waals surface area contributed by atoms with Gasteiger partial charge in [0.2, 0.25) is 0 Å². The first-order valence-corrected chi connectivity index (χ1v) is 5.40. The first-order valence-electron chi connectivity index (χ1n) is 5.40. The third-order valence-electron chi connectivity index (χ3n) is 2.28. The molecule has 88 valence electrons. The van der Waals surface area contributed by atoms with E-state index in [-0.39, 0.29) is 11.8 Å². The number of aromatic nitrogens is 1. The van der Waals surface area contributed by atoms with Gasteiger partial charge in [0, 0.05) is 12.0 Å². The van der Waals surface area contributed by atoms with Gasteiger partial charge in [-0.25, -0.2) is 4.79 Å². The highest BCUT2D eigenvalue weighted by Gasteiger charge is 2.13. The van der Waals surface area contributed by atoms with E-state index in [0.29, 0.717) is 11.3 Å². The van der Waals surface area contributed by atoms with Gasteiger partial charge in [0.25, 0.3) is 5.88 Å². The smallest absolute Gasteiger partial charge is 0.344 e. The number of nitrogens with zero attached hydrogens (tertiary/aromatic N) is 1. The molecule has 2 aromatic rings. The summed E-state index contributed by atoms with van der Waals surface area (Å²) in [5, 5.41) is 3.68. The van der Waals surface area contributed by atoms with Crippen LogP contribution in [0.4, 0.5) is 0 Å². The molecule has 1 aromatic heterocycles. The summed E-state index contributed by atoms with van der Waals surface area (Å²) >= 11 is 0. The van der Waals surface area contributed by atoms with Crippen LogP contribution in [-0.4, -0.2) is 11.1 Å². The van der Waals surface area contributed by atoms with Crippen molar-refractivity contribution in [2.45, 2.75) is 19.8 Å². The maximum atomic E-state index is 11.7. The Morgan fingerprint density at radius 3 is 2.59 bits per heavy atom. The molecule has 1 heterocycles. The minimum Gasteiger partial charge on any atom is -0.400 e. The number of carbonyl (C=O) groups excluding carboxylic acids is 1. The van der Waals surface area contributed by atoms with Crippen LogP contribution in [0, 0.1) is 0 Å². The number of rotatable bonds is 3. The van der Waals surface area contributed by atoms with Gasteiger partial charge in [0.05, 0.1) is 5.56 Å². The van der Waals surface area contributed by atoms with Gasteiger partial charge in [-0.1, -0.05) is 32.0 Å². The number of ether oxygens (including phenoxy) is 1. The minimum atomic E-state index is -0.436. The van der Waals surface area contributed by atoms with Crippen LogP contribution >= 0.6 is 0 Å². The van der Waals surface area contributed by atoms with Gasteiger partial charge in [-0.05, 0) is 17.3 Å². The molecule has 0 unspecified atom stereocenters. The van der Waals surface area contributed by atoms with Gasteiger partial charge in [0.15, 0.2) is 0 Å². The van der Waals surface area contributed by atoms with Gasteiger partial charge >= 0.3 is 5.97 Å². The highest BCUT2D eigenvalue weighted by Crippen LogP contribution is 2.20. The maximum absolute atomic E-state index is 11.7. The Bertz CT molecular complexity index is 502. The van der Waals surface area contributed by atoms with Crippen molar-refractivity contribution in [3.8, 4) is 5.88 Å². The van der Waals surface area contributed by atoms with E-state index in [1.165, 1.54) is 0 Å². The fourth-order valence-corrected chi connectivity index (χ4v) is 1.32. The molecule has 0 amide bonds. The normalized spacial score (nSPS) is 10.5. The second kappa shape index (κ2) is 4.82. The number of benzene rings is 1. The zero-order valence-electron chi connectivity index (χ0n) is 9.71. The monoisotopic (exact) mass is 231 g/mol. The van der Waals surface area contributed by atoms with E-state index >= 15 is 0 Å². The van der Waals surface area contributed by atoms with Crippen LogP contribution in [0.15, 0.2) is 40.9 Å². The lowest BCUT2D eigenvalue weighted by atomic mass is 10.2. The lowest BCUT2D eigenvalue weighted by Crippen LogP contribution is -2.08. The number of carbonyl (C=O) groups is 1. The van der Waals surface area contributed by atoms with Gasteiger partial charge < -0.3 is 9.26 Å². The lowest BCUT2D eigenvalue weighted by molar-refractivity contribution is 0.0721. The average Bonchev–Trinajstić information content (AvgIpc) is 2.79. The summed E-state index contributed by atoms with van der Waals surface area (Å²) in [6.07, 6.45) is 0. The lowest BCUT2D eigenvalue weighted by Gasteiger charge is -1.98. The molecule has 0 saturated carbocycles. The van der Waals surface area contributed by atoms with Crippen molar-refractivity contribution in [3.05, 3.63) is 47.7 Å². The average molecular weight is 231 g/mol. The quantitative estimate of drug-likeness (QED) is 0.762. The van der Waals surface area contributed by atoms with Crippen LogP contribution in [0.5, 0.6) is 5.88 Å². The third kappa shape index (κ3) is 2.72. The molecule has 0 aliphatic rings. The molecule has 0 aliphatic heterocycles. The highest BCUT2D eigenvalue weighted by atomic mass is 16.6. The van der Waals surface area contributed by atoms with E-state index in [1.807, 2.05) is 19.9 Å². The first-order chi connectivity index (χ1) is 8.16. The van der Waals surface area contributed by atoms with Crippen molar-refractivity contribution < 1.29 is 14.1 Å². The van der Waals surface area contributed by atoms with Crippen LogP contribution in [0.3, 0.4) is 0 Å². The van der Waals surface area contributed by atoms with Crippen molar-refractivity contribution in [1.29, 1.82) is 0 Å². The summed E-state index contributed by atoms with van der Waals surface area (Å²) in [4.78, 5) is 11.7. The topological polar surface area (TPSA) is 52.3 Å². The standard InChI is InChI=1S/C13H13NO3/c1-9(2)11-8-12(14-17-11)16-13(15)10-6-4-3-5-7-10/h3-9H,1-2H3. The number of esters is 1. The summed E-state index contributed by atoms with van der Waals surface area (Å²) in [5.74, 6) is 0.671.